The number of likely N-dealkylation sites (tertiary alicyclic amines) is 1. The third kappa shape index (κ3) is 4.35. The maximum absolute atomic E-state index is 12.8. The number of carbonyl (C=O) groups excluding carboxylic acids is 1. The average molecular weight is 422 g/mol. The Hall–Kier alpha value is -3.49. The van der Waals surface area contributed by atoms with Gasteiger partial charge in [0.1, 0.15) is 17.8 Å². The topological polar surface area (TPSA) is 102 Å². The molecular formula is C22H26N6O3. The fourth-order valence-corrected chi connectivity index (χ4v) is 3.85. The molecule has 0 saturated carbocycles. The highest BCUT2D eigenvalue weighted by atomic mass is 16.6. The zero-order valence-corrected chi connectivity index (χ0v) is 17.9. The third-order valence-corrected chi connectivity index (χ3v) is 5.41. The maximum Gasteiger partial charge on any atom is 0.410 e. The number of hydrogen-bond donors (Lipinski definition) is 1. The number of nitrogens with zero attached hydrogens (tertiary/aromatic N) is 5. The van der Waals surface area contributed by atoms with E-state index in [1.807, 2.05) is 32.9 Å². The first-order valence-corrected chi connectivity index (χ1v) is 10.4. The normalized spacial score (nSPS) is 14.8. The van der Waals surface area contributed by atoms with Crippen molar-refractivity contribution in [2.24, 2.45) is 0 Å². The summed E-state index contributed by atoms with van der Waals surface area (Å²) in [5.74, 6) is 0.618. The van der Waals surface area contributed by atoms with Crippen LogP contribution in [0.4, 0.5) is 16.3 Å². The minimum atomic E-state index is -0.306. The fraction of sp³-hybridized carbons (Fsp3) is 0.409. The van der Waals surface area contributed by atoms with Crippen LogP contribution in [-0.4, -0.2) is 49.7 Å². The number of aryl methyl sites for hydroxylation is 1. The van der Waals surface area contributed by atoms with E-state index in [0.29, 0.717) is 37.4 Å². The van der Waals surface area contributed by atoms with Crippen LogP contribution >= 0.6 is 0 Å². The van der Waals surface area contributed by atoms with Crippen LogP contribution < -0.4 is 10.9 Å². The summed E-state index contributed by atoms with van der Waals surface area (Å²) in [6.07, 6.45) is 4.04. The number of hydrogen-bond acceptors (Lipinski definition) is 7. The van der Waals surface area contributed by atoms with Crippen LogP contribution in [0.25, 0.3) is 11.0 Å². The molecule has 9 nitrogen and oxygen atoms in total. The van der Waals surface area contributed by atoms with Gasteiger partial charge < -0.3 is 15.0 Å². The smallest absolute Gasteiger partial charge is 0.410 e. The van der Waals surface area contributed by atoms with Crippen LogP contribution in [0, 0.1) is 6.92 Å². The molecule has 4 rings (SSSR count). The number of piperidine rings is 1. The molecule has 1 aliphatic rings. The maximum atomic E-state index is 12.8. The summed E-state index contributed by atoms with van der Waals surface area (Å²) in [7, 11) is 0. The van der Waals surface area contributed by atoms with Gasteiger partial charge in [-0.25, -0.2) is 14.8 Å². The Balaban J connectivity index is 1.62. The predicted octanol–water partition coefficient (Wildman–Crippen LogP) is 3.42. The highest BCUT2D eigenvalue weighted by Crippen LogP contribution is 2.28. The minimum Gasteiger partial charge on any atom is -0.447 e. The van der Waals surface area contributed by atoms with E-state index in [0.717, 1.165) is 16.8 Å². The second-order valence-corrected chi connectivity index (χ2v) is 7.91. The monoisotopic (exact) mass is 422 g/mol. The van der Waals surface area contributed by atoms with Gasteiger partial charge in [-0.3, -0.25) is 14.3 Å². The zero-order valence-electron chi connectivity index (χ0n) is 17.9. The Morgan fingerprint density at radius 1 is 1.16 bits per heavy atom. The third-order valence-electron chi connectivity index (χ3n) is 5.41. The van der Waals surface area contributed by atoms with Gasteiger partial charge >= 0.3 is 6.09 Å². The first kappa shape index (κ1) is 20.8. The number of carbonyl (C=O) groups is 1. The number of fused-ring (bicyclic) bond motifs is 1. The van der Waals surface area contributed by atoms with Crippen molar-refractivity contribution in [1.82, 2.24) is 24.4 Å². The molecule has 1 N–H and O–H groups in total. The molecular weight excluding hydrogens is 396 g/mol. The Morgan fingerprint density at radius 2 is 1.94 bits per heavy atom. The summed E-state index contributed by atoms with van der Waals surface area (Å²) in [6.45, 7) is 6.64. The molecule has 0 aliphatic carbocycles. The second-order valence-electron chi connectivity index (χ2n) is 7.91. The van der Waals surface area contributed by atoms with E-state index in [9.17, 15) is 9.59 Å². The summed E-state index contributed by atoms with van der Waals surface area (Å²) in [4.78, 5) is 39.8. The molecule has 0 atom stereocenters. The molecule has 1 amide bonds. The lowest BCUT2D eigenvalue weighted by atomic mass is 10.0. The Kier molecular flexibility index (Phi) is 5.83. The van der Waals surface area contributed by atoms with Gasteiger partial charge in [-0.2, -0.15) is 0 Å². The van der Waals surface area contributed by atoms with Crippen molar-refractivity contribution in [1.29, 1.82) is 0 Å². The Labute approximate surface area is 180 Å². The molecule has 9 heteroatoms. The number of nitrogens with one attached hydrogen (secondary N) is 1. The summed E-state index contributed by atoms with van der Waals surface area (Å²) < 4.78 is 7.02. The summed E-state index contributed by atoms with van der Waals surface area (Å²) in [5.41, 5.74) is 2.16. The van der Waals surface area contributed by atoms with Crippen molar-refractivity contribution in [2.45, 2.75) is 45.8 Å². The van der Waals surface area contributed by atoms with Gasteiger partial charge in [0.15, 0.2) is 0 Å². The van der Waals surface area contributed by atoms with Crippen molar-refractivity contribution in [2.75, 3.05) is 18.4 Å². The lowest BCUT2D eigenvalue weighted by Crippen LogP contribution is -2.41. The van der Waals surface area contributed by atoms with Crippen molar-refractivity contribution in [3.8, 4) is 0 Å². The van der Waals surface area contributed by atoms with E-state index in [1.54, 1.807) is 27.8 Å². The van der Waals surface area contributed by atoms with Crippen LogP contribution in [0.3, 0.4) is 0 Å². The highest BCUT2D eigenvalue weighted by Gasteiger charge is 2.27. The van der Waals surface area contributed by atoms with Gasteiger partial charge in [-0.1, -0.05) is 0 Å². The number of rotatable bonds is 4. The molecule has 1 fully saturated rings. The predicted molar refractivity (Wildman–Crippen MR) is 118 cm³/mol. The molecule has 1 saturated heterocycles. The lowest BCUT2D eigenvalue weighted by molar-refractivity contribution is 0.0661. The molecule has 0 unspecified atom stereocenters. The van der Waals surface area contributed by atoms with Gasteiger partial charge in [0.05, 0.1) is 22.9 Å². The van der Waals surface area contributed by atoms with E-state index in [4.69, 9.17) is 4.74 Å². The van der Waals surface area contributed by atoms with Gasteiger partial charge in [-0.15, -0.1) is 0 Å². The molecule has 0 bridgehead atoms. The van der Waals surface area contributed by atoms with E-state index in [2.05, 4.69) is 20.3 Å². The van der Waals surface area contributed by atoms with E-state index in [-0.39, 0.29) is 23.8 Å². The molecule has 162 valence electrons. The van der Waals surface area contributed by atoms with E-state index in [1.165, 1.54) is 6.33 Å². The molecule has 31 heavy (non-hydrogen) atoms. The first-order valence-electron chi connectivity index (χ1n) is 10.4. The van der Waals surface area contributed by atoms with Crippen molar-refractivity contribution in [3.63, 3.8) is 0 Å². The number of amides is 1. The Morgan fingerprint density at radius 3 is 2.65 bits per heavy atom. The number of anilines is 2. The van der Waals surface area contributed by atoms with Crippen LogP contribution in [0.5, 0.6) is 0 Å². The average Bonchev–Trinajstić information content (AvgIpc) is 2.75. The SMILES string of the molecule is Cc1ncccc1Nc1ncnc2c1ccc(=O)n2C1CCN(C(=O)OC(C)C)CC1. The van der Waals surface area contributed by atoms with Crippen LogP contribution in [0.1, 0.15) is 38.4 Å². The largest absolute Gasteiger partial charge is 0.447 e. The van der Waals surface area contributed by atoms with Crippen molar-refractivity contribution < 1.29 is 9.53 Å². The summed E-state index contributed by atoms with van der Waals surface area (Å²) in [5, 5.41) is 4.06. The fourth-order valence-electron chi connectivity index (χ4n) is 3.85. The molecule has 0 aromatic carbocycles. The minimum absolute atomic E-state index is 0.0535. The molecule has 0 radical (unpaired) electrons. The standard InChI is InChI=1S/C22H26N6O3/c1-14(2)31-22(30)27-11-8-16(9-12-27)28-19(29)7-6-17-20(24-13-25-21(17)28)26-18-5-4-10-23-15(18)3/h4-7,10,13-14,16H,8-9,11-12H2,1-3H3,(H,24,25,26). The molecule has 0 spiro atoms. The van der Waals surface area contributed by atoms with Gasteiger partial charge in [0, 0.05) is 31.4 Å². The van der Waals surface area contributed by atoms with Gasteiger partial charge in [0.2, 0.25) is 0 Å². The number of aromatic nitrogens is 4. The second kappa shape index (κ2) is 8.71. The summed E-state index contributed by atoms with van der Waals surface area (Å²) >= 11 is 0. The highest BCUT2D eigenvalue weighted by molar-refractivity contribution is 5.88. The van der Waals surface area contributed by atoms with E-state index >= 15 is 0 Å². The van der Waals surface area contributed by atoms with E-state index < -0.39 is 0 Å². The van der Waals surface area contributed by atoms with Crippen molar-refractivity contribution in [3.05, 3.63) is 52.8 Å². The summed E-state index contributed by atoms with van der Waals surface area (Å²) in [6, 6.07) is 7.02. The number of pyridine rings is 2. The quantitative estimate of drug-likeness (QED) is 0.687. The Bertz CT molecular complexity index is 1150. The van der Waals surface area contributed by atoms with Crippen LogP contribution in [0.2, 0.25) is 0 Å². The van der Waals surface area contributed by atoms with Crippen LogP contribution in [0.15, 0.2) is 41.6 Å². The van der Waals surface area contributed by atoms with Gasteiger partial charge in [0.25, 0.3) is 5.56 Å². The zero-order chi connectivity index (χ0) is 22.0. The lowest BCUT2D eigenvalue weighted by Gasteiger charge is -2.33. The molecule has 3 aromatic rings. The van der Waals surface area contributed by atoms with Gasteiger partial charge in [-0.05, 0) is 51.8 Å². The molecule has 4 heterocycles. The molecule has 1 aliphatic heterocycles. The number of ether oxygens (including phenoxy) is 1. The molecule has 3 aromatic heterocycles. The first-order chi connectivity index (χ1) is 14.9. The van der Waals surface area contributed by atoms with Crippen LogP contribution in [-0.2, 0) is 4.74 Å². The van der Waals surface area contributed by atoms with Crippen molar-refractivity contribution >= 4 is 28.6 Å².